The number of nitrogens with zero attached hydrogens (tertiary/aromatic N) is 2. The van der Waals surface area contributed by atoms with E-state index >= 15 is 0 Å². The second kappa shape index (κ2) is 10.2. The van der Waals surface area contributed by atoms with E-state index in [-0.39, 0.29) is 41.6 Å². The van der Waals surface area contributed by atoms with Crippen molar-refractivity contribution in [1.82, 2.24) is 9.80 Å². The molecule has 4 rings (SSSR count). The van der Waals surface area contributed by atoms with Crippen molar-refractivity contribution in [3.05, 3.63) is 71.3 Å². The number of halogens is 3. The topological polar surface area (TPSA) is 43.8 Å². The van der Waals surface area contributed by atoms with Gasteiger partial charge in [0.05, 0.1) is 11.5 Å². The van der Waals surface area contributed by atoms with E-state index in [4.69, 9.17) is 0 Å². The van der Waals surface area contributed by atoms with Gasteiger partial charge in [-0.15, -0.1) is 12.4 Å². The quantitative estimate of drug-likeness (QED) is 0.622. The van der Waals surface area contributed by atoms with Crippen molar-refractivity contribution in [2.75, 3.05) is 26.2 Å². The fourth-order valence-electron chi connectivity index (χ4n) is 5.91. The van der Waals surface area contributed by atoms with E-state index in [2.05, 4.69) is 25.7 Å². The molecule has 2 aliphatic rings. The number of likely N-dealkylation sites (tertiary alicyclic amines) is 2. The summed E-state index contributed by atoms with van der Waals surface area (Å²) in [5.74, 6) is -2.35. The maximum atomic E-state index is 14.8. The zero-order chi connectivity index (χ0) is 24.8. The average molecular weight is 507 g/mol. The van der Waals surface area contributed by atoms with Crippen molar-refractivity contribution in [1.29, 1.82) is 0 Å². The van der Waals surface area contributed by atoms with Crippen LogP contribution < -0.4 is 0 Å². The number of amides is 1. The maximum absolute atomic E-state index is 14.8. The minimum atomic E-state index is -1.02. The van der Waals surface area contributed by atoms with Gasteiger partial charge in [0, 0.05) is 55.5 Å². The van der Waals surface area contributed by atoms with E-state index in [0.29, 0.717) is 31.7 Å². The van der Waals surface area contributed by atoms with Gasteiger partial charge in [0.1, 0.15) is 11.6 Å². The first kappa shape index (κ1) is 27.6. The lowest BCUT2D eigenvalue weighted by Crippen LogP contribution is -2.57. The molecule has 7 heteroatoms. The Labute approximate surface area is 213 Å². The van der Waals surface area contributed by atoms with Crippen LogP contribution in [0.5, 0.6) is 0 Å². The largest absolute Gasteiger partial charge is 0.384 e. The molecule has 0 aromatic heterocycles. The summed E-state index contributed by atoms with van der Waals surface area (Å²) in [5.41, 5.74) is 0.0616. The summed E-state index contributed by atoms with van der Waals surface area (Å²) < 4.78 is 28.4. The summed E-state index contributed by atoms with van der Waals surface area (Å²) >= 11 is 0. The van der Waals surface area contributed by atoms with E-state index < -0.39 is 23.2 Å². The summed E-state index contributed by atoms with van der Waals surface area (Å²) in [5, 5.41) is 11.7. The smallest absolute Gasteiger partial charge is 0.227 e. The average Bonchev–Trinajstić information content (AvgIpc) is 3.23. The van der Waals surface area contributed by atoms with Gasteiger partial charge in [0.2, 0.25) is 5.91 Å². The van der Waals surface area contributed by atoms with Crippen LogP contribution in [-0.4, -0.2) is 52.5 Å². The van der Waals surface area contributed by atoms with Crippen molar-refractivity contribution in [2.45, 2.75) is 51.7 Å². The minimum Gasteiger partial charge on any atom is -0.384 e. The van der Waals surface area contributed by atoms with E-state index in [1.165, 1.54) is 12.1 Å². The molecule has 0 saturated carbocycles. The lowest BCUT2D eigenvalue weighted by molar-refractivity contribution is -0.152. The van der Waals surface area contributed by atoms with Crippen LogP contribution in [0.2, 0.25) is 0 Å². The molecular formula is C28H37ClF2N2O2. The molecule has 2 aromatic rings. The molecule has 2 aromatic carbocycles. The molecule has 0 radical (unpaired) electrons. The van der Waals surface area contributed by atoms with Crippen molar-refractivity contribution >= 4 is 18.3 Å². The van der Waals surface area contributed by atoms with Crippen molar-refractivity contribution in [3.8, 4) is 0 Å². The normalized spacial score (nSPS) is 29.7. The van der Waals surface area contributed by atoms with Crippen LogP contribution >= 0.6 is 12.4 Å². The number of hydrogen-bond donors (Lipinski definition) is 1. The van der Waals surface area contributed by atoms with Crippen LogP contribution in [0.4, 0.5) is 8.78 Å². The fourth-order valence-corrected chi connectivity index (χ4v) is 5.91. The predicted octanol–water partition coefficient (Wildman–Crippen LogP) is 5.20. The van der Waals surface area contributed by atoms with Gasteiger partial charge in [0.15, 0.2) is 0 Å². The Balaban J connectivity index is 0.00000342. The first-order chi connectivity index (χ1) is 15.9. The van der Waals surface area contributed by atoms with Crippen LogP contribution in [-0.2, 0) is 10.4 Å². The predicted molar refractivity (Wildman–Crippen MR) is 136 cm³/mol. The summed E-state index contributed by atoms with van der Waals surface area (Å²) in [6.45, 7) is 12.1. The summed E-state index contributed by atoms with van der Waals surface area (Å²) in [7, 11) is 0. The Kier molecular flexibility index (Phi) is 8.00. The van der Waals surface area contributed by atoms with Gasteiger partial charge in [-0.05, 0) is 38.0 Å². The van der Waals surface area contributed by atoms with Crippen molar-refractivity contribution in [2.24, 2.45) is 17.8 Å². The van der Waals surface area contributed by atoms with E-state index in [1.54, 1.807) is 0 Å². The third-order valence-corrected chi connectivity index (χ3v) is 7.99. The molecule has 2 heterocycles. The Hall–Kier alpha value is -2.02. The zero-order valence-electron chi connectivity index (χ0n) is 21.2. The molecule has 0 spiro atoms. The summed E-state index contributed by atoms with van der Waals surface area (Å²) in [6.07, 6.45) is 0. The Bertz CT molecular complexity index is 1030. The Morgan fingerprint density at radius 1 is 0.971 bits per heavy atom. The number of carbonyl (C=O) groups is 1. The molecule has 0 aliphatic carbocycles. The minimum absolute atomic E-state index is 0. The number of carbonyl (C=O) groups excluding carboxylic acids is 1. The monoisotopic (exact) mass is 506 g/mol. The molecule has 2 aliphatic heterocycles. The molecular weight excluding hydrogens is 470 g/mol. The van der Waals surface area contributed by atoms with Crippen LogP contribution in [0.15, 0.2) is 48.5 Å². The second-order valence-corrected chi connectivity index (χ2v) is 11.2. The second-order valence-electron chi connectivity index (χ2n) is 11.2. The number of benzene rings is 2. The van der Waals surface area contributed by atoms with Crippen LogP contribution in [0, 0.1) is 29.4 Å². The molecule has 5 atom stereocenters. The fraction of sp³-hybridized carbons (Fsp3) is 0.536. The number of aliphatic hydroxyl groups is 1. The lowest BCUT2D eigenvalue weighted by atomic mass is 9.70. The summed E-state index contributed by atoms with van der Waals surface area (Å²) in [4.78, 5) is 17.9. The molecule has 2 saturated heterocycles. The van der Waals surface area contributed by atoms with Crippen molar-refractivity contribution in [3.63, 3.8) is 0 Å². The molecule has 2 unspecified atom stereocenters. The number of hydrogen-bond acceptors (Lipinski definition) is 3. The van der Waals surface area contributed by atoms with Gasteiger partial charge >= 0.3 is 0 Å². The van der Waals surface area contributed by atoms with E-state index in [0.717, 1.165) is 11.6 Å². The van der Waals surface area contributed by atoms with Crippen molar-refractivity contribution < 1.29 is 18.7 Å². The zero-order valence-corrected chi connectivity index (χ0v) is 22.0. The van der Waals surface area contributed by atoms with Gasteiger partial charge in [-0.3, -0.25) is 9.69 Å². The highest BCUT2D eigenvalue weighted by atomic mass is 35.5. The van der Waals surface area contributed by atoms with E-state index in [1.807, 2.05) is 49.1 Å². The number of piperidine rings is 1. The highest BCUT2D eigenvalue weighted by molar-refractivity contribution is 5.85. The highest BCUT2D eigenvalue weighted by Gasteiger charge is 2.50. The van der Waals surface area contributed by atoms with Gasteiger partial charge < -0.3 is 10.0 Å². The first-order valence-corrected chi connectivity index (χ1v) is 12.2. The summed E-state index contributed by atoms with van der Waals surface area (Å²) in [6, 6.07) is 13.3. The van der Waals surface area contributed by atoms with Gasteiger partial charge in [-0.2, -0.15) is 0 Å². The molecule has 4 nitrogen and oxygen atoms in total. The highest BCUT2D eigenvalue weighted by Crippen LogP contribution is 2.43. The number of rotatable bonds is 3. The lowest BCUT2D eigenvalue weighted by Gasteiger charge is -2.48. The molecule has 1 amide bonds. The first-order valence-electron chi connectivity index (χ1n) is 12.2. The van der Waals surface area contributed by atoms with Gasteiger partial charge in [0.25, 0.3) is 0 Å². The Morgan fingerprint density at radius 2 is 1.57 bits per heavy atom. The Morgan fingerprint density at radius 3 is 2.11 bits per heavy atom. The van der Waals surface area contributed by atoms with Crippen LogP contribution in [0.25, 0.3) is 0 Å². The van der Waals surface area contributed by atoms with Gasteiger partial charge in [-0.1, -0.05) is 50.2 Å². The van der Waals surface area contributed by atoms with E-state index in [9.17, 15) is 18.7 Å². The van der Waals surface area contributed by atoms with Crippen LogP contribution in [0.1, 0.15) is 51.7 Å². The molecule has 0 bridgehead atoms. The standard InChI is InChI=1S/C28H36F2N2O2.ClH/c1-18-14-31(15-19(2)28(18,34)20-9-7-6-8-10-20)26(33)24-17-32(27(3,4)5)16-23(24)22-12-11-21(29)13-25(22)30;/h6-13,18-19,23-24,34H,14-17H2,1-5H3;1H/t18-,19+,23-,24?,28?;/m0./s1. The van der Waals surface area contributed by atoms with Crippen LogP contribution in [0.3, 0.4) is 0 Å². The molecule has 192 valence electrons. The third-order valence-electron chi connectivity index (χ3n) is 7.99. The maximum Gasteiger partial charge on any atom is 0.227 e. The molecule has 2 fully saturated rings. The SMILES string of the molecule is C[C@@H]1CN(C(=O)C2CN(C(C)(C)C)C[C@H]2c2ccc(F)cc2F)C[C@H](C)C1(O)c1ccccc1.Cl. The molecule has 35 heavy (non-hydrogen) atoms. The third kappa shape index (κ3) is 5.11. The molecule has 1 N–H and O–H groups in total. The van der Waals surface area contributed by atoms with Gasteiger partial charge in [-0.25, -0.2) is 8.78 Å².